The second kappa shape index (κ2) is 6.55. The smallest absolute Gasteiger partial charge is 0.200 e. The Morgan fingerprint density at radius 1 is 1.04 bits per heavy atom. The van der Waals surface area contributed by atoms with E-state index in [0.29, 0.717) is 17.0 Å². The molecule has 1 aromatic heterocycles. The number of hydrogen-bond donors (Lipinski definition) is 3. The average molecular weight is 377 g/mol. The number of aromatic nitrogens is 3. The summed E-state index contributed by atoms with van der Waals surface area (Å²) in [6.07, 6.45) is 0.715. The van der Waals surface area contributed by atoms with E-state index in [1.807, 2.05) is 54.8 Å². The molecule has 0 fully saturated rings. The topological polar surface area (TPSA) is 74.1 Å². The zero-order valence-corrected chi connectivity index (χ0v) is 15.8. The monoisotopic (exact) mass is 377 g/mol. The Balaban J connectivity index is 2.04. The lowest BCUT2D eigenvalue weighted by molar-refractivity contribution is 0.468. The van der Waals surface area contributed by atoms with Crippen LogP contribution in [0, 0.1) is 11.7 Å². The van der Waals surface area contributed by atoms with E-state index in [9.17, 15) is 10.2 Å². The Labute approximate surface area is 161 Å². The van der Waals surface area contributed by atoms with Crippen LogP contribution in [0.2, 0.25) is 0 Å². The van der Waals surface area contributed by atoms with Crippen LogP contribution in [0.3, 0.4) is 0 Å². The molecule has 0 spiro atoms. The number of phenolic OH excluding ortho intramolecular Hbond substituents is 2. The van der Waals surface area contributed by atoms with Crippen LogP contribution in [0.25, 0.3) is 27.8 Å². The first kappa shape index (κ1) is 17.3. The molecular weight excluding hydrogens is 358 g/mol. The van der Waals surface area contributed by atoms with Crippen molar-refractivity contribution in [1.82, 2.24) is 14.8 Å². The molecule has 3 N–H and O–H groups in total. The van der Waals surface area contributed by atoms with Crippen LogP contribution in [-0.2, 0) is 6.42 Å². The van der Waals surface area contributed by atoms with Gasteiger partial charge in [-0.3, -0.25) is 9.67 Å². The van der Waals surface area contributed by atoms with E-state index in [2.05, 4.69) is 10.2 Å². The number of aromatic hydroxyl groups is 2. The predicted octanol–water partition coefficient (Wildman–Crippen LogP) is 5.03. The Bertz CT molecular complexity index is 1220. The molecule has 0 aliphatic rings. The number of aryl methyl sites for hydroxylation is 2. The summed E-state index contributed by atoms with van der Waals surface area (Å²) in [5.41, 5.74) is 3.49. The van der Waals surface area contributed by atoms with Gasteiger partial charge in [-0.15, -0.1) is 0 Å². The summed E-state index contributed by atoms with van der Waals surface area (Å²) in [4.78, 5) is 0. The van der Waals surface area contributed by atoms with Gasteiger partial charge in [0, 0.05) is 16.3 Å². The summed E-state index contributed by atoms with van der Waals surface area (Å²) in [5.74, 6) is 1.18. The third-order valence-electron chi connectivity index (χ3n) is 4.84. The van der Waals surface area contributed by atoms with Gasteiger partial charge in [0.25, 0.3) is 0 Å². The lowest BCUT2D eigenvalue weighted by atomic mass is 10.0. The molecule has 0 radical (unpaired) electrons. The number of benzene rings is 3. The fraction of sp³-hybridized carbons (Fsp3) is 0.143. The number of fused-ring (bicyclic) bond motifs is 1. The highest BCUT2D eigenvalue weighted by atomic mass is 32.1. The number of phenols is 2. The van der Waals surface area contributed by atoms with E-state index in [-0.39, 0.29) is 11.5 Å². The predicted molar refractivity (Wildman–Crippen MR) is 109 cm³/mol. The van der Waals surface area contributed by atoms with Crippen LogP contribution in [0.15, 0.2) is 48.5 Å². The molecule has 1 heterocycles. The number of rotatable bonds is 3. The average Bonchev–Trinajstić information content (AvgIpc) is 3.03. The number of nitrogens with one attached hydrogen (secondary N) is 1. The van der Waals surface area contributed by atoms with Gasteiger partial charge in [-0.2, -0.15) is 5.10 Å². The van der Waals surface area contributed by atoms with E-state index in [0.717, 1.165) is 33.2 Å². The fourth-order valence-electron chi connectivity index (χ4n) is 3.43. The van der Waals surface area contributed by atoms with Gasteiger partial charge in [-0.1, -0.05) is 31.2 Å². The Kier molecular flexibility index (Phi) is 4.20. The van der Waals surface area contributed by atoms with Crippen molar-refractivity contribution in [2.45, 2.75) is 20.3 Å². The summed E-state index contributed by atoms with van der Waals surface area (Å²) in [6, 6.07) is 14.8. The van der Waals surface area contributed by atoms with Gasteiger partial charge < -0.3 is 10.2 Å². The molecule has 5 nitrogen and oxygen atoms in total. The Hall–Kier alpha value is -3.12. The van der Waals surface area contributed by atoms with Crippen LogP contribution in [-0.4, -0.2) is 25.0 Å². The third kappa shape index (κ3) is 2.78. The van der Waals surface area contributed by atoms with Crippen molar-refractivity contribution in [3.8, 4) is 28.6 Å². The number of H-pyrrole nitrogens is 1. The van der Waals surface area contributed by atoms with Crippen molar-refractivity contribution >= 4 is 23.0 Å². The Morgan fingerprint density at radius 3 is 2.56 bits per heavy atom. The van der Waals surface area contributed by atoms with E-state index in [1.54, 1.807) is 12.1 Å². The molecule has 27 heavy (non-hydrogen) atoms. The molecule has 0 saturated carbocycles. The number of hydrogen-bond acceptors (Lipinski definition) is 4. The molecule has 0 unspecified atom stereocenters. The molecule has 0 bridgehead atoms. The minimum Gasteiger partial charge on any atom is -0.508 e. The van der Waals surface area contributed by atoms with Crippen molar-refractivity contribution in [1.29, 1.82) is 0 Å². The summed E-state index contributed by atoms with van der Waals surface area (Å²) in [6.45, 7) is 3.93. The third-order valence-corrected chi connectivity index (χ3v) is 5.11. The first-order valence-corrected chi connectivity index (χ1v) is 9.13. The summed E-state index contributed by atoms with van der Waals surface area (Å²) >= 11 is 5.51. The quantitative estimate of drug-likeness (QED) is 0.438. The van der Waals surface area contributed by atoms with Crippen LogP contribution in [0.4, 0.5) is 0 Å². The van der Waals surface area contributed by atoms with Crippen LogP contribution in [0.5, 0.6) is 11.5 Å². The van der Waals surface area contributed by atoms with Crippen LogP contribution in [0.1, 0.15) is 18.1 Å². The van der Waals surface area contributed by atoms with Crippen molar-refractivity contribution in [2.24, 2.45) is 0 Å². The number of nitrogens with zero attached hydrogens (tertiary/aromatic N) is 2. The van der Waals surface area contributed by atoms with Crippen molar-refractivity contribution in [3.05, 3.63) is 64.4 Å². The molecule has 0 aliphatic heterocycles. The molecule has 4 rings (SSSR count). The first-order valence-electron chi connectivity index (χ1n) is 8.72. The molecule has 6 heteroatoms. The van der Waals surface area contributed by atoms with Crippen molar-refractivity contribution in [3.63, 3.8) is 0 Å². The van der Waals surface area contributed by atoms with Crippen LogP contribution < -0.4 is 0 Å². The van der Waals surface area contributed by atoms with Gasteiger partial charge in [-0.05, 0) is 61.0 Å². The molecule has 3 aromatic carbocycles. The molecule has 0 atom stereocenters. The Morgan fingerprint density at radius 2 is 1.78 bits per heavy atom. The second-order valence-corrected chi connectivity index (χ2v) is 6.87. The van der Waals surface area contributed by atoms with Gasteiger partial charge in [0.15, 0.2) is 10.6 Å². The second-order valence-electron chi connectivity index (χ2n) is 6.49. The maximum absolute atomic E-state index is 10.2. The highest BCUT2D eigenvalue weighted by Gasteiger charge is 2.17. The fourth-order valence-corrected chi connectivity index (χ4v) is 3.66. The van der Waals surface area contributed by atoms with Crippen molar-refractivity contribution in [2.75, 3.05) is 0 Å². The van der Waals surface area contributed by atoms with Gasteiger partial charge in [0.1, 0.15) is 11.5 Å². The normalized spacial score (nSPS) is 11.2. The van der Waals surface area contributed by atoms with E-state index in [1.165, 1.54) is 0 Å². The molecule has 4 aromatic rings. The maximum atomic E-state index is 10.2. The summed E-state index contributed by atoms with van der Waals surface area (Å²) in [7, 11) is 0. The molecule has 0 saturated heterocycles. The zero-order chi connectivity index (χ0) is 19.1. The first-order chi connectivity index (χ1) is 13.0. The van der Waals surface area contributed by atoms with Crippen molar-refractivity contribution < 1.29 is 10.2 Å². The van der Waals surface area contributed by atoms with Gasteiger partial charge in [0.2, 0.25) is 0 Å². The van der Waals surface area contributed by atoms with Gasteiger partial charge in [-0.25, -0.2) is 0 Å². The summed E-state index contributed by atoms with van der Waals surface area (Å²) in [5, 5.41) is 29.3. The molecular formula is C21H19N3O2S. The standard InChI is InChI=1S/C21H19N3O2S/c1-3-13-11-16(12(2)10-19(13)26)20-22-23-21(27)24(20)17-8-4-7-15-14(17)6-5-9-18(15)25/h4-11,25-26H,3H2,1-2H3,(H,23,27). The summed E-state index contributed by atoms with van der Waals surface area (Å²) < 4.78 is 2.34. The maximum Gasteiger partial charge on any atom is 0.200 e. The van der Waals surface area contributed by atoms with E-state index in [4.69, 9.17) is 12.2 Å². The lowest BCUT2D eigenvalue weighted by Gasteiger charge is -2.14. The SMILES string of the molecule is CCc1cc(-c2n[nH]c(=S)n2-c2cccc3c(O)cccc23)c(C)cc1O. The highest BCUT2D eigenvalue weighted by molar-refractivity contribution is 7.71. The van der Waals surface area contributed by atoms with Crippen LogP contribution >= 0.6 is 12.2 Å². The molecule has 0 aliphatic carbocycles. The molecule has 0 amide bonds. The molecule has 136 valence electrons. The lowest BCUT2D eigenvalue weighted by Crippen LogP contribution is -2.01. The minimum absolute atomic E-state index is 0.222. The van der Waals surface area contributed by atoms with E-state index < -0.39 is 0 Å². The highest BCUT2D eigenvalue weighted by Crippen LogP contribution is 2.34. The number of aromatic amines is 1. The minimum atomic E-state index is 0.222. The largest absolute Gasteiger partial charge is 0.508 e. The van der Waals surface area contributed by atoms with Gasteiger partial charge in [0.05, 0.1) is 5.69 Å². The van der Waals surface area contributed by atoms with E-state index >= 15 is 0 Å². The zero-order valence-electron chi connectivity index (χ0n) is 15.0. The van der Waals surface area contributed by atoms with Gasteiger partial charge >= 0.3 is 0 Å².